The minimum absolute atomic E-state index is 0.0226. The van der Waals surface area contributed by atoms with E-state index in [4.69, 9.17) is 16.3 Å². The highest BCUT2D eigenvalue weighted by molar-refractivity contribution is 6.30. The molecule has 0 aliphatic carbocycles. The number of allylic oxidation sites excluding steroid dienone is 1. The van der Waals surface area contributed by atoms with Crippen molar-refractivity contribution in [2.45, 2.75) is 13.3 Å². The summed E-state index contributed by atoms with van der Waals surface area (Å²) in [5, 5.41) is 10.1. The number of phenols is 1. The Bertz CT molecular complexity index is 809. The standard InChI is InChI=1S/C19H17ClO4/c1-12-9-14(20)5-7-16(12)18(23)11-15(21)6-3-13-4-8-17(22)19(10-13)24-2/h3-10,22H,11H2,1-2H3. The first kappa shape index (κ1) is 17.8. The Morgan fingerprint density at radius 3 is 2.62 bits per heavy atom. The van der Waals surface area contributed by atoms with Gasteiger partial charge in [-0.25, -0.2) is 0 Å². The molecule has 0 spiro atoms. The molecule has 1 N–H and O–H groups in total. The van der Waals surface area contributed by atoms with Crippen LogP contribution in [0.5, 0.6) is 11.5 Å². The van der Waals surface area contributed by atoms with Crippen molar-refractivity contribution in [1.29, 1.82) is 0 Å². The van der Waals surface area contributed by atoms with Crippen LogP contribution in [0.2, 0.25) is 5.02 Å². The lowest BCUT2D eigenvalue weighted by Crippen LogP contribution is -2.07. The number of carbonyl (C=O) groups excluding carboxylic acids is 2. The molecular weight excluding hydrogens is 328 g/mol. The lowest BCUT2D eigenvalue weighted by Gasteiger charge is -2.04. The third-order valence-electron chi connectivity index (χ3n) is 3.49. The van der Waals surface area contributed by atoms with Gasteiger partial charge in [-0.05, 0) is 54.5 Å². The topological polar surface area (TPSA) is 63.6 Å². The van der Waals surface area contributed by atoms with Crippen LogP contribution in [-0.2, 0) is 4.79 Å². The van der Waals surface area contributed by atoms with Crippen molar-refractivity contribution in [2.24, 2.45) is 0 Å². The van der Waals surface area contributed by atoms with Gasteiger partial charge in [-0.15, -0.1) is 0 Å². The minimum Gasteiger partial charge on any atom is -0.504 e. The summed E-state index contributed by atoms with van der Waals surface area (Å²) in [6.45, 7) is 1.78. The number of hydrogen-bond acceptors (Lipinski definition) is 4. The molecule has 0 heterocycles. The van der Waals surface area contributed by atoms with Crippen LogP contribution in [0.1, 0.15) is 27.9 Å². The van der Waals surface area contributed by atoms with Crippen LogP contribution < -0.4 is 4.74 Å². The maximum atomic E-state index is 12.2. The first-order chi connectivity index (χ1) is 11.4. The number of carbonyl (C=O) groups is 2. The van der Waals surface area contributed by atoms with Gasteiger partial charge in [0.05, 0.1) is 13.5 Å². The smallest absolute Gasteiger partial charge is 0.170 e. The van der Waals surface area contributed by atoms with Crippen LogP contribution in [0.4, 0.5) is 0 Å². The third-order valence-corrected chi connectivity index (χ3v) is 3.72. The third kappa shape index (κ3) is 4.46. The van der Waals surface area contributed by atoms with Crippen LogP contribution in [0.15, 0.2) is 42.5 Å². The van der Waals surface area contributed by atoms with Gasteiger partial charge in [0.15, 0.2) is 23.1 Å². The van der Waals surface area contributed by atoms with Crippen molar-refractivity contribution in [1.82, 2.24) is 0 Å². The second kappa shape index (κ2) is 7.79. The van der Waals surface area contributed by atoms with Crippen molar-refractivity contribution in [3.8, 4) is 11.5 Å². The zero-order valence-electron chi connectivity index (χ0n) is 13.4. The fraction of sp³-hybridized carbons (Fsp3) is 0.158. The van der Waals surface area contributed by atoms with E-state index in [1.807, 2.05) is 0 Å². The second-order valence-corrected chi connectivity index (χ2v) is 5.73. The summed E-state index contributed by atoms with van der Waals surface area (Å²) in [6, 6.07) is 9.67. The fourth-order valence-corrected chi connectivity index (χ4v) is 2.47. The van der Waals surface area contributed by atoms with Crippen LogP contribution >= 0.6 is 11.6 Å². The molecule has 0 aliphatic heterocycles. The van der Waals surface area contributed by atoms with Gasteiger partial charge in [-0.1, -0.05) is 23.7 Å². The number of hydrogen-bond donors (Lipinski definition) is 1. The molecule has 0 saturated carbocycles. The molecule has 5 heteroatoms. The van der Waals surface area contributed by atoms with E-state index in [0.717, 1.165) is 5.56 Å². The number of methoxy groups -OCH3 is 1. The maximum absolute atomic E-state index is 12.2. The van der Waals surface area contributed by atoms with Gasteiger partial charge in [0.25, 0.3) is 0 Å². The molecule has 0 aromatic heterocycles. The van der Waals surface area contributed by atoms with Gasteiger partial charge < -0.3 is 9.84 Å². The zero-order valence-corrected chi connectivity index (χ0v) is 14.1. The molecular formula is C19H17ClO4. The number of rotatable bonds is 6. The quantitative estimate of drug-likeness (QED) is 0.484. The Balaban J connectivity index is 2.06. The highest BCUT2D eigenvalue weighted by Gasteiger charge is 2.12. The van der Waals surface area contributed by atoms with Crippen molar-refractivity contribution < 1.29 is 19.4 Å². The molecule has 0 atom stereocenters. The van der Waals surface area contributed by atoms with E-state index >= 15 is 0 Å². The normalized spacial score (nSPS) is 10.8. The number of aryl methyl sites for hydroxylation is 1. The second-order valence-electron chi connectivity index (χ2n) is 5.29. The molecule has 2 aromatic carbocycles. The summed E-state index contributed by atoms with van der Waals surface area (Å²) in [5.74, 6) is -0.213. The lowest BCUT2D eigenvalue weighted by atomic mass is 10.0. The molecule has 2 rings (SSSR count). The first-order valence-corrected chi connectivity index (χ1v) is 7.66. The number of ether oxygens (including phenoxy) is 1. The van der Waals surface area contributed by atoms with E-state index in [9.17, 15) is 14.7 Å². The Morgan fingerprint density at radius 1 is 1.21 bits per heavy atom. The highest BCUT2D eigenvalue weighted by Crippen LogP contribution is 2.26. The molecule has 0 amide bonds. The van der Waals surface area contributed by atoms with Crippen molar-refractivity contribution in [3.63, 3.8) is 0 Å². The molecule has 0 fully saturated rings. The SMILES string of the molecule is COc1cc(C=CC(=O)CC(=O)c2ccc(Cl)cc2C)ccc1O. The molecule has 4 nitrogen and oxygen atoms in total. The average molecular weight is 345 g/mol. The van der Waals surface area contributed by atoms with Gasteiger partial charge in [-0.2, -0.15) is 0 Å². The molecule has 2 aromatic rings. The Hall–Kier alpha value is -2.59. The Labute approximate surface area is 145 Å². The number of halogens is 1. The monoisotopic (exact) mass is 344 g/mol. The van der Waals surface area contributed by atoms with E-state index in [1.165, 1.54) is 19.3 Å². The van der Waals surface area contributed by atoms with E-state index < -0.39 is 0 Å². The van der Waals surface area contributed by atoms with E-state index in [-0.39, 0.29) is 23.7 Å². The van der Waals surface area contributed by atoms with Gasteiger partial charge in [0.1, 0.15) is 0 Å². The molecule has 0 aliphatic rings. The largest absolute Gasteiger partial charge is 0.504 e. The average Bonchev–Trinajstić information content (AvgIpc) is 2.53. The predicted molar refractivity (Wildman–Crippen MR) is 93.8 cm³/mol. The van der Waals surface area contributed by atoms with E-state index in [0.29, 0.717) is 21.9 Å². The summed E-state index contributed by atoms with van der Waals surface area (Å²) in [4.78, 5) is 24.2. The van der Waals surface area contributed by atoms with Crippen LogP contribution in [0.3, 0.4) is 0 Å². The summed E-state index contributed by atoms with van der Waals surface area (Å²) in [6.07, 6.45) is 2.70. The number of benzene rings is 2. The molecule has 0 unspecified atom stereocenters. The van der Waals surface area contributed by atoms with Crippen LogP contribution in [0.25, 0.3) is 6.08 Å². The van der Waals surface area contributed by atoms with Gasteiger partial charge >= 0.3 is 0 Å². The Morgan fingerprint density at radius 2 is 1.96 bits per heavy atom. The fourth-order valence-electron chi connectivity index (χ4n) is 2.24. The number of phenolic OH excluding ortho intramolecular Hbond substituents is 1. The number of ketones is 2. The molecule has 0 radical (unpaired) electrons. The Kier molecular flexibility index (Phi) is 5.77. The van der Waals surface area contributed by atoms with E-state index in [1.54, 1.807) is 43.3 Å². The zero-order chi connectivity index (χ0) is 17.7. The van der Waals surface area contributed by atoms with Gasteiger partial charge in [0.2, 0.25) is 0 Å². The molecule has 24 heavy (non-hydrogen) atoms. The summed E-state index contributed by atoms with van der Waals surface area (Å²) in [5.41, 5.74) is 1.92. The highest BCUT2D eigenvalue weighted by atomic mass is 35.5. The lowest BCUT2D eigenvalue weighted by molar-refractivity contribution is -0.113. The van der Waals surface area contributed by atoms with Crippen LogP contribution in [-0.4, -0.2) is 23.8 Å². The molecule has 0 bridgehead atoms. The maximum Gasteiger partial charge on any atom is 0.170 e. The summed E-state index contributed by atoms with van der Waals surface area (Å²) in [7, 11) is 1.45. The predicted octanol–water partition coefficient (Wildman–Crippen LogP) is 4.22. The first-order valence-electron chi connectivity index (χ1n) is 7.28. The summed E-state index contributed by atoms with van der Waals surface area (Å²) < 4.78 is 5.00. The van der Waals surface area contributed by atoms with Crippen molar-refractivity contribution in [3.05, 3.63) is 64.2 Å². The van der Waals surface area contributed by atoms with Crippen molar-refractivity contribution in [2.75, 3.05) is 7.11 Å². The number of aromatic hydroxyl groups is 1. The summed E-state index contributed by atoms with van der Waals surface area (Å²) >= 11 is 5.86. The molecule has 0 saturated heterocycles. The molecule has 124 valence electrons. The minimum atomic E-state index is -0.304. The van der Waals surface area contributed by atoms with Crippen LogP contribution in [0, 0.1) is 6.92 Å². The van der Waals surface area contributed by atoms with E-state index in [2.05, 4.69) is 0 Å². The van der Waals surface area contributed by atoms with Crippen molar-refractivity contribution >= 4 is 29.2 Å². The van der Waals surface area contributed by atoms with Gasteiger partial charge in [0, 0.05) is 10.6 Å². The number of Topliss-reactive ketones (excluding diaryl/α,β-unsaturated/α-hetero) is 1. The van der Waals surface area contributed by atoms with Gasteiger partial charge in [-0.3, -0.25) is 9.59 Å².